The smallest absolute Gasteiger partial charge is 0.261 e. The fourth-order valence-corrected chi connectivity index (χ4v) is 22.7. The second-order valence-corrected chi connectivity index (χ2v) is 39.3. The van der Waals surface area contributed by atoms with E-state index in [1.54, 1.807) is 25.0 Å². The van der Waals surface area contributed by atoms with Crippen LogP contribution in [-0.2, 0) is 76.5 Å². The maximum Gasteiger partial charge on any atom is 0.261 e. The Morgan fingerprint density at radius 3 is 1.15 bits per heavy atom. The van der Waals surface area contributed by atoms with Crippen molar-refractivity contribution < 1.29 is 47.6 Å². The SMILES string of the molecule is C.COc1cc2c(cc1OCc1cc(COc3cc4c(cc3C)C(=O)N3c5ccccc5C[C@H]3C=N4)cc(CSCC(C)(C)S)c1)CC[C@@H]1Cc3ccccc3N1C2=O.COc1cc2c(cc1OCc1cc(COc3cc4c(cc3C)C(=O)N3c5ccccc5C[C@H]3C=N4)cc(CSCC(C)(C)SSC)c1)CC[C@@H]1Cc3ccccc3N1C2=O. The van der Waals surface area contributed by atoms with E-state index in [1.807, 2.05) is 195 Å². The summed E-state index contributed by atoms with van der Waals surface area (Å²) in [7, 11) is 6.95. The lowest BCUT2D eigenvalue weighted by atomic mass is 9.99. The van der Waals surface area contributed by atoms with Crippen molar-refractivity contribution in [3.8, 4) is 34.5 Å². The molecule has 0 aromatic heterocycles. The zero-order valence-corrected chi connectivity index (χ0v) is 72.1. The van der Waals surface area contributed by atoms with Gasteiger partial charge in [-0.3, -0.25) is 39.0 Å². The lowest BCUT2D eigenvalue weighted by Crippen LogP contribution is -2.37. The van der Waals surface area contributed by atoms with Crippen molar-refractivity contribution >= 4 is 128 Å². The van der Waals surface area contributed by atoms with Gasteiger partial charge >= 0.3 is 0 Å². The molecule has 21 heteroatoms. The first kappa shape index (κ1) is 82.7. The Labute approximate surface area is 720 Å². The Balaban J connectivity index is 0.000000176. The molecule has 0 fully saturated rings. The number of carbonyl (C=O) groups is 4. The highest BCUT2D eigenvalue weighted by Gasteiger charge is 2.42. The van der Waals surface area contributed by atoms with E-state index in [0.29, 0.717) is 94.6 Å². The van der Waals surface area contributed by atoms with Crippen LogP contribution in [0.1, 0.15) is 167 Å². The summed E-state index contributed by atoms with van der Waals surface area (Å²) >= 11 is 8.51. The van der Waals surface area contributed by atoms with Gasteiger partial charge in [-0.1, -0.05) is 140 Å². The summed E-state index contributed by atoms with van der Waals surface area (Å²) < 4.78 is 37.9. The second-order valence-electron chi connectivity index (χ2n) is 33.0. The molecule has 0 radical (unpaired) electrons. The van der Waals surface area contributed by atoms with E-state index >= 15 is 0 Å². The van der Waals surface area contributed by atoms with Crippen molar-refractivity contribution in [2.24, 2.45) is 9.98 Å². The fraction of sp³-hybridized carbons (Fsp3) is 0.327. The van der Waals surface area contributed by atoms with E-state index in [2.05, 4.69) is 101 Å². The maximum absolute atomic E-state index is 14.1. The van der Waals surface area contributed by atoms with Crippen molar-refractivity contribution in [2.75, 3.05) is 51.6 Å². The number of carbonyl (C=O) groups excluding carboxylic acids is 4. The molecule has 4 atom stereocenters. The van der Waals surface area contributed by atoms with E-state index < -0.39 is 0 Å². The minimum absolute atomic E-state index is 0. The molecule has 0 saturated carbocycles. The van der Waals surface area contributed by atoms with Gasteiger partial charge in [0.15, 0.2) is 23.0 Å². The van der Waals surface area contributed by atoms with Crippen molar-refractivity contribution in [1.29, 1.82) is 0 Å². The summed E-state index contributed by atoms with van der Waals surface area (Å²) in [5.41, 5.74) is 22.6. The Morgan fingerprint density at radius 2 is 0.765 bits per heavy atom. The molecule has 16 nitrogen and oxygen atoms in total. The van der Waals surface area contributed by atoms with E-state index in [4.69, 9.17) is 51.0 Å². The lowest BCUT2D eigenvalue weighted by Gasteiger charge is -2.23. The Kier molecular flexibility index (Phi) is 24.3. The first-order chi connectivity index (χ1) is 57.1. The number of ether oxygens (including phenoxy) is 6. The van der Waals surface area contributed by atoms with Gasteiger partial charge in [0.2, 0.25) is 0 Å². The molecule has 0 bridgehead atoms. The molecule has 10 aromatic carbocycles. The Morgan fingerprint density at radius 1 is 0.412 bits per heavy atom. The summed E-state index contributed by atoms with van der Waals surface area (Å²) in [6.07, 6.45) is 12.5. The average Bonchev–Trinajstić information content (AvgIpc) is 1.64. The zero-order chi connectivity index (χ0) is 81.7. The molecule has 612 valence electrons. The molecule has 10 aromatic rings. The third kappa shape index (κ3) is 17.4. The van der Waals surface area contributed by atoms with Gasteiger partial charge in [-0.25, -0.2) is 0 Å². The van der Waals surface area contributed by atoms with Gasteiger partial charge in [-0.2, -0.15) is 36.2 Å². The molecule has 4 amide bonds. The summed E-state index contributed by atoms with van der Waals surface area (Å²) in [5, 5.41) is 0. The van der Waals surface area contributed by atoms with Crippen LogP contribution in [0, 0.1) is 13.8 Å². The van der Waals surface area contributed by atoms with Crippen molar-refractivity contribution in [1.82, 2.24) is 0 Å². The number of aliphatic imine (C=N–C) groups is 2. The maximum atomic E-state index is 14.1. The second kappa shape index (κ2) is 35.0. The number of rotatable bonds is 24. The van der Waals surface area contributed by atoms with Crippen LogP contribution >= 0.6 is 57.7 Å². The number of methoxy groups -OCH3 is 2. The minimum atomic E-state index is -0.111. The molecule has 0 spiro atoms. The number of benzene rings is 10. The van der Waals surface area contributed by atoms with Crippen LogP contribution in [-0.4, -0.2) is 102 Å². The molecule has 0 N–H and O–H groups in total. The third-order valence-corrected chi connectivity index (χ3v) is 29.2. The highest BCUT2D eigenvalue weighted by Crippen LogP contribution is 2.47. The van der Waals surface area contributed by atoms with E-state index in [9.17, 15) is 19.2 Å². The first-order valence-corrected chi connectivity index (χ1v) is 45.7. The number of fused-ring (bicyclic) bond motifs is 16. The van der Waals surface area contributed by atoms with Gasteiger partial charge in [-0.15, -0.1) is 0 Å². The van der Waals surface area contributed by atoms with Crippen LogP contribution in [0.4, 0.5) is 34.1 Å². The number of hydrogen-bond donors (Lipinski definition) is 1. The summed E-state index contributed by atoms with van der Waals surface area (Å²) in [5.74, 6) is 7.23. The van der Waals surface area contributed by atoms with Gasteiger partial charge in [0.05, 0.1) is 48.8 Å². The normalized spacial score (nSPS) is 17.5. The standard InChI is InChI=1S/C49H49N3O5S3.C48H47N3O5S2.CH4/c1-30-16-40-41(50-25-38-21-36-11-7-9-13-43(36)52(38)48(40)54)24-44(30)56-26-31-17-32(19-33(18-31)28-59-29-49(2,3)60-58-5)27-57-46-22-34-14-15-37-20-35-10-6-8-12-42(35)51(37)47(53)39(34)23-45(46)55-4;1-29-15-39-40(49-24-37-20-35-10-6-8-12-42(35)51(37)47(39)53)23-43(29)55-25-30-16-31(18-32(17-30)27-58-28-48(2,3)57)26-56-45-21-33-13-14-36-19-34-9-5-7-11-41(34)50(36)46(52)38(33)22-44(45)54-4;/h6-13,16-19,22-25,37-38H,14-15,20-21,26-29H2,1-5H3;5-12,15-18,21-24,36-37,57H,13-14,19-20,25-28H2,1-4H3;1H4/t37-,38+;36-,37+;/m11./s1. The molecule has 8 aliphatic heterocycles. The average molecular weight is 1680 g/mol. The molecular formula is C98H100N6O10S5. The van der Waals surface area contributed by atoms with E-state index in [-0.39, 0.29) is 64.7 Å². The van der Waals surface area contributed by atoms with E-state index in [1.165, 1.54) is 16.7 Å². The van der Waals surface area contributed by atoms with Gasteiger partial charge < -0.3 is 38.2 Å². The molecular weight excluding hydrogens is 1580 g/mol. The van der Waals surface area contributed by atoms with Gasteiger partial charge in [0, 0.05) is 116 Å². The number of amides is 4. The number of hydrogen-bond acceptors (Lipinski definition) is 17. The first-order valence-electron chi connectivity index (χ1n) is 40.4. The molecule has 0 aliphatic carbocycles. The van der Waals surface area contributed by atoms with Crippen LogP contribution in [0.5, 0.6) is 34.5 Å². The Hall–Kier alpha value is -10.0. The molecule has 0 unspecified atom stereocenters. The third-order valence-electron chi connectivity index (χ3n) is 23.1. The molecule has 119 heavy (non-hydrogen) atoms. The zero-order valence-electron chi connectivity index (χ0n) is 67.9. The number of nitrogens with zero attached hydrogens (tertiary/aromatic N) is 6. The van der Waals surface area contributed by atoms with Crippen molar-refractivity contribution in [3.63, 3.8) is 0 Å². The highest BCUT2D eigenvalue weighted by molar-refractivity contribution is 8.77. The number of anilines is 4. The fourth-order valence-electron chi connectivity index (χ4n) is 17.7. The lowest BCUT2D eigenvalue weighted by molar-refractivity contribution is 0.0973. The molecule has 8 aliphatic rings. The van der Waals surface area contributed by atoms with Crippen molar-refractivity contribution in [3.05, 3.63) is 282 Å². The molecule has 18 rings (SSSR count). The largest absolute Gasteiger partial charge is 0.493 e. The predicted molar refractivity (Wildman–Crippen MR) is 492 cm³/mol. The van der Waals surface area contributed by atoms with Crippen LogP contribution < -0.4 is 48.0 Å². The molecule has 0 saturated heterocycles. The number of para-hydroxylation sites is 4. The quantitative estimate of drug-likeness (QED) is 0.0449. The minimum Gasteiger partial charge on any atom is -0.493 e. The monoisotopic (exact) mass is 1680 g/mol. The summed E-state index contributed by atoms with van der Waals surface area (Å²) in [4.78, 5) is 73.2. The van der Waals surface area contributed by atoms with Gasteiger partial charge in [0.25, 0.3) is 23.6 Å². The molecule has 8 heterocycles. The van der Waals surface area contributed by atoms with Crippen LogP contribution in [0.25, 0.3) is 0 Å². The summed E-state index contributed by atoms with van der Waals surface area (Å²) in [6.45, 7) is 14.1. The summed E-state index contributed by atoms with van der Waals surface area (Å²) in [6, 6.07) is 61.1. The van der Waals surface area contributed by atoms with Gasteiger partial charge in [0.1, 0.15) is 37.9 Å². The topological polar surface area (TPSA) is 161 Å². The number of thiol groups is 1. The Bertz CT molecular complexity index is 5680. The highest BCUT2D eigenvalue weighted by atomic mass is 33.1. The van der Waals surface area contributed by atoms with E-state index in [0.717, 1.165) is 158 Å². The van der Waals surface area contributed by atoms with Gasteiger partial charge in [-0.05, 0) is 223 Å². The van der Waals surface area contributed by atoms with Crippen molar-refractivity contribution in [2.45, 2.75) is 172 Å². The van der Waals surface area contributed by atoms with Crippen LogP contribution in [0.3, 0.4) is 0 Å². The van der Waals surface area contributed by atoms with Crippen LogP contribution in [0.15, 0.2) is 192 Å². The predicted octanol–water partition coefficient (Wildman–Crippen LogP) is 21.5. The number of aryl methyl sites for hydroxylation is 4. The van der Waals surface area contributed by atoms with Crippen LogP contribution in [0.2, 0.25) is 0 Å². The number of thioether (sulfide) groups is 2.